The molecule has 1 atom stereocenters. The molecule has 1 aliphatic rings. The van der Waals surface area contributed by atoms with Crippen molar-refractivity contribution in [2.75, 3.05) is 45.9 Å². The number of morpholine rings is 1. The average Bonchev–Trinajstić information content (AvgIpc) is 2.47. The fraction of sp³-hybridized carbons (Fsp3) is 0.857. The van der Waals surface area contributed by atoms with Crippen LogP contribution < -0.4 is 5.32 Å². The smallest absolute Gasteiger partial charge is 0.317 e. The number of amides is 2. The molecule has 2 N–H and O–H groups in total. The SMILES string of the molecule is CCN(CC)CCCNC(=O)N1CCOC(CC(=O)O)C1. The lowest BCUT2D eigenvalue weighted by molar-refractivity contribution is -0.141. The first kappa shape index (κ1) is 17.7. The van der Waals surface area contributed by atoms with Gasteiger partial charge in [-0.2, -0.15) is 0 Å². The number of aliphatic carboxylic acids is 1. The predicted molar refractivity (Wildman–Crippen MR) is 79.4 cm³/mol. The van der Waals surface area contributed by atoms with Crippen LogP contribution in [0.4, 0.5) is 4.79 Å². The molecule has 7 heteroatoms. The van der Waals surface area contributed by atoms with Gasteiger partial charge in [0.2, 0.25) is 0 Å². The van der Waals surface area contributed by atoms with E-state index in [0.29, 0.717) is 26.2 Å². The number of ether oxygens (including phenoxy) is 1. The topological polar surface area (TPSA) is 82.1 Å². The van der Waals surface area contributed by atoms with Crippen molar-refractivity contribution in [2.45, 2.75) is 32.8 Å². The van der Waals surface area contributed by atoms with E-state index in [4.69, 9.17) is 9.84 Å². The largest absolute Gasteiger partial charge is 0.481 e. The van der Waals surface area contributed by atoms with E-state index < -0.39 is 12.1 Å². The lowest BCUT2D eigenvalue weighted by Gasteiger charge is -2.32. The average molecular weight is 301 g/mol. The molecule has 0 bridgehead atoms. The highest BCUT2D eigenvalue weighted by molar-refractivity contribution is 5.74. The Hall–Kier alpha value is -1.34. The molecule has 1 heterocycles. The maximum Gasteiger partial charge on any atom is 0.317 e. The number of carboxylic acids is 1. The van der Waals surface area contributed by atoms with Crippen LogP contribution >= 0.6 is 0 Å². The molecule has 0 radical (unpaired) electrons. The van der Waals surface area contributed by atoms with Crippen molar-refractivity contribution >= 4 is 12.0 Å². The maximum absolute atomic E-state index is 12.0. The van der Waals surface area contributed by atoms with Crippen LogP contribution in [-0.4, -0.2) is 78.9 Å². The quantitative estimate of drug-likeness (QED) is 0.642. The van der Waals surface area contributed by atoms with E-state index in [1.807, 2.05) is 0 Å². The van der Waals surface area contributed by atoms with Gasteiger partial charge in [0.05, 0.1) is 19.1 Å². The first-order valence-corrected chi connectivity index (χ1v) is 7.65. The summed E-state index contributed by atoms with van der Waals surface area (Å²) in [4.78, 5) is 26.6. The van der Waals surface area contributed by atoms with Gasteiger partial charge >= 0.3 is 12.0 Å². The van der Waals surface area contributed by atoms with E-state index in [9.17, 15) is 9.59 Å². The van der Waals surface area contributed by atoms with E-state index >= 15 is 0 Å². The molecule has 0 saturated carbocycles. The second-order valence-electron chi connectivity index (χ2n) is 5.15. The van der Waals surface area contributed by atoms with Gasteiger partial charge in [0.25, 0.3) is 0 Å². The highest BCUT2D eigenvalue weighted by Crippen LogP contribution is 2.08. The number of carbonyl (C=O) groups is 2. The zero-order valence-corrected chi connectivity index (χ0v) is 13.0. The number of carboxylic acid groups (broad SMARTS) is 1. The monoisotopic (exact) mass is 301 g/mol. The van der Waals surface area contributed by atoms with Crippen molar-refractivity contribution in [3.05, 3.63) is 0 Å². The fourth-order valence-corrected chi connectivity index (χ4v) is 2.37. The molecule has 1 fully saturated rings. The number of nitrogens with one attached hydrogen (secondary N) is 1. The van der Waals surface area contributed by atoms with Crippen LogP contribution in [-0.2, 0) is 9.53 Å². The maximum atomic E-state index is 12.0. The minimum Gasteiger partial charge on any atom is -0.481 e. The first-order valence-electron chi connectivity index (χ1n) is 7.65. The standard InChI is InChI=1S/C14H27N3O4/c1-3-16(4-2)7-5-6-15-14(20)17-8-9-21-12(11-17)10-13(18)19/h12H,3-11H2,1-2H3,(H,15,20)(H,18,19). The third-order valence-corrected chi connectivity index (χ3v) is 3.65. The summed E-state index contributed by atoms with van der Waals surface area (Å²) >= 11 is 0. The summed E-state index contributed by atoms with van der Waals surface area (Å²) in [6.45, 7) is 9.14. The number of hydrogen-bond donors (Lipinski definition) is 2. The molecular formula is C14H27N3O4. The van der Waals surface area contributed by atoms with Crippen LogP contribution in [0.5, 0.6) is 0 Å². The molecule has 0 aromatic rings. The zero-order chi connectivity index (χ0) is 15.7. The van der Waals surface area contributed by atoms with Crippen molar-refractivity contribution in [3.63, 3.8) is 0 Å². The third-order valence-electron chi connectivity index (χ3n) is 3.65. The van der Waals surface area contributed by atoms with Gasteiger partial charge < -0.3 is 25.0 Å². The molecule has 1 rings (SSSR count). The van der Waals surface area contributed by atoms with Crippen LogP contribution in [0, 0.1) is 0 Å². The van der Waals surface area contributed by atoms with Gasteiger partial charge in [0.1, 0.15) is 0 Å². The lowest BCUT2D eigenvalue weighted by atomic mass is 10.2. The van der Waals surface area contributed by atoms with Gasteiger partial charge in [-0.3, -0.25) is 4.79 Å². The van der Waals surface area contributed by atoms with Crippen LogP contribution in [0.1, 0.15) is 26.7 Å². The Morgan fingerprint density at radius 2 is 2.10 bits per heavy atom. The molecule has 21 heavy (non-hydrogen) atoms. The Balaban J connectivity index is 2.23. The number of urea groups is 1. The summed E-state index contributed by atoms with van der Waals surface area (Å²) in [7, 11) is 0. The van der Waals surface area contributed by atoms with Crippen molar-refractivity contribution in [3.8, 4) is 0 Å². The van der Waals surface area contributed by atoms with Crippen LogP contribution in [0.25, 0.3) is 0 Å². The molecule has 0 spiro atoms. The summed E-state index contributed by atoms with van der Waals surface area (Å²) in [6.07, 6.45) is 0.444. The lowest BCUT2D eigenvalue weighted by Crippen LogP contribution is -2.50. The molecule has 122 valence electrons. The highest BCUT2D eigenvalue weighted by atomic mass is 16.5. The van der Waals surface area contributed by atoms with Gasteiger partial charge in [-0.15, -0.1) is 0 Å². The van der Waals surface area contributed by atoms with Crippen LogP contribution in [0.2, 0.25) is 0 Å². The first-order chi connectivity index (χ1) is 10.1. The second-order valence-corrected chi connectivity index (χ2v) is 5.15. The number of rotatable bonds is 8. The molecule has 2 amide bonds. The summed E-state index contributed by atoms with van der Waals surface area (Å²) in [5.74, 6) is -0.901. The molecule has 1 saturated heterocycles. The Kier molecular flexibility index (Phi) is 8.07. The van der Waals surface area contributed by atoms with Gasteiger partial charge in [-0.25, -0.2) is 4.79 Å². The molecule has 0 aliphatic carbocycles. The Bertz CT molecular complexity index is 334. The van der Waals surface area contributed by atoms with E-state index in [2.05, 4.69) is 24.1 Å². The Morgan fingerprint density at radius 3 is 2.71 bits per heavy atom. The summed E-state index contributed by atoms with van der Waals surface area (Å²) in [5.41, 5.74) is 0. The molecular weight excluding hydrogens is 274 g/mol. The molecule has 1 unspecified atom stereocenters. The van der Waals surface area contributed by atoms with Gasteiger partial charge in [-0.05, 0) is 26.1 Å². The fourth-order valence-electron chi connectivity index (χ4n) is 2.37. The number of carbonyl (C=O) groups excluding carboxylic acids is 1. The number of hydrogen-bond acceptors (Lipinski definition) is 4. The Morgan fingerprint density at radius 1 is 1.38 bits per heavy atom. The summed E-state index contributed by atoms with van der Waals surface area (Å²) in [6, 6.07) is -0.131. The molecule has 7 nitrogen and oxygen atoms in total. The van der Waals surface area contributed by atoms with Gasteiger partial charge in [-0.1, -0.05) is 13.8 Å². The second kappa shape index (κ2) is 9.57. The van der Waals surface area contributed by atoms with Crippen molar-refractivity contribution in [2.24, 2.45) is 0 Å². The summed E-state index contributed by atoms with van der Waals surface area (Å²) < 4.78 is 5.35. The summed E-state index contributed by atoms with van der Waals surface area (Å²) in [5, 5.41) is 11.6. The minimum absolute atomic E-state index is 0.0638. The highest BCUT2D eigenvalue weighted by Gasteiger charge is 2.25. The minimum atomic E-state index is -0.901. The van der Waals surface area contributed by atoms with Gasteiger partial charge in [0, 0.05) is 19.6 Å². The predicted octanol–water partition coefficient (Wildman–Crippen LogP) is 0.603. The number of nitrogens with zero attached hydrogens (tertiary/aromatic N) is 2. The van der Waals surface area contributed by atoms with Crippen molar-refractivity contribution in [1.29, 1.82) is 0 Å². The van der Waals surface area contributed by atoms with Crippen molar-refractivity contribution < 1.29 is 19.4 Å². The molecule has 0 aromatic carbocycles. The zero-order valence-electron chi connectivity index (χ0n) is 13.0. The Labute approximate surface area is 126 Å². The van der Waals surface area contributed by atoms with E-state index in [1.54, 1.807) is 4.90 Å². The van der Waals surface area contributed by atoms with E-state index in [-0.39, 0.29) is 12.5 Å². The van der Waals surface area contributed by atoms with Gasteiger partial charge in [0.15, 0.2) is 0 Å². The van der Waals surface area contributed by atoms with E-state index in [1.165, 1.54) is 0 Å². The van der Waals surface area contributed by atoms with Crippen LogP contribution in [0.3, 0.4) is 0 Å². The van der Waals surface area contributed by atoms with Crippen molar-refractivity contribution in [1.82, 2.24) is 15.1 Å². The normalized spacial score (nSPS) is 18.8. The molecule has 0 aromatic heterocycles. The van der Waals surface area contributed by atoms with E-state index in [0.717, 1.165) is 26.1 Å². The van der Waals surface area contributed by atoms with Crippen LogP contribution in [0.15, 0.2) is 0 Å². The third kappa shape index (κ3) is 6.77. The molecule has 1 aliphatic heterocycles.